The molecule has 0 aliphatic heterocycles. The molecule has 7 nitrogen and oxygen atoms in total. The van der Waals surface area contributed by atoms with Crippen LogP contribution < -0.4 is 4.74 Å². The van der Waals surface area contributed by atoms with Crippen molar-refractivity contribution in [2.75, 3.05) is 14.2 Å². The highest BCUT2D eigenvalue weighted by atomic mass is 16.7. The third kappa shape index (κ3) is 2.61. The van der Waals surface area contributed by atoms with Crippen molar-refractivity contribution in [1.82, 2.24) is 20.2 Å². The van der Waals surface area contributed by atoms with Crippen molar-refractivity contribution in [2.45, 2.75) is 0 Å². The number of aromatic nitrogens is 3. The van der Waals surface area contributed by atoms with Crippen molar-refractivity contribution in [3.63, 3.8) is 0 Å². The van der Waals surface area contributed by atoms with Gasteiger partial charge in [0.15, 0.2) is 5.69 Å². The Hall–Kier alpha value is -2.93. The molecule has 0 spiro atoms. The number of benzene rings is 1. The molecule has 0 aliphatic rings. The molecule has 0 saturated carbocycles. The van der Waals surface area contributed by atoms with Crippen LogP contribution in [0.5, 0.6) is 11.5 Å². The van der Waals surface area contributed by atoms with E-state index in [0.717, 1.165) is 5.06 Å². The van der Waals surface area contributed by atoms with E-state index < -0.39 is 0 Å². The van der Waals surface area contributed by atoms with Crippen molar-refractivity contribution in [3.05, 3.63) is 48.4 Å². The van der Waals surface area contributed by atoms with Crippen LogP contribution in [0.4, 0.5) is 0 Å². The lowest BCUT2D eigenvalue weighted by Crippen LogP contribution is -2.25. The molecule has 0 aliphatic carbocycles. The number of hydroxylamine groups is 2. The summed E-state index contributed by atoms with van der Waals surface area (Å²) in [5.74, 6) is 0.940. The Morgan fingerprint density at radius 2 is 2.14 bits per heavy atom. The van der Waals surface area contributed by atoms with Gasteiger partial charge in [-0.3, -0.25) is 19.7 Å². The highest BCUT2D eigenvalue weighted by Crippen LogP contribution is 2.26. The first-order valence-electron chi connectivity index (χ1n) is 6.57. The van der Waals surface area contributed by atoms with E-state index in [1.807, 2.05) is 6.07 Å². The average Bonchev–Trinajstić information content (AvgIpc) is 2.97. The second kappa shape index (κ2) is 5.82. The van der Waals surface area contributed by atoms with Gasteiger partial charge in [-0.25, -0.2) is 5.06 Å². The topological polar surface area (TPSA) is 80.3 Å². The molecule has 7 heteroatoms. The zero-order valence-electron chi connectivity index (χ0n) is 12.1. The Labute approximate surface area is 126 Å². The van der Waals surface area contributed by atoms with E-state index in [0.29, 0.717) is 28.1 Å². The molecule has 0 unspecified atom stereocenters. The van der Waals surface area contributed by atoms with Crippen LogP contribution in [0.25, 0.3) is 10.9 Å². The maximum Gasteiger partial charge on any atom is 0.298 e. The van der Waals surface area contributed by atoms with Gasteiger partial charge < -0.3 is 4.74 Å². The summed E-state index contributed by atoms with van der Waals surface area (Å²) in [4.78, 5) is 21.0. The summed E-state index contributed by atoms with van der Waals surface area (Å²) in [7, 11) is 2.95. The second-order valence-electron chi connectivity index (χ2n) is 4.56. The number of carbonyl (C=O) groups is 1. The van der Waals surface area contributed by atoms with Gasteiger partial charge in [-0.15, -0.1) is 0 Å². The van der Waals surface area contributed by atoms with Crippen LogP contribution in [0.2, 0.25) is 0 Å². The third-order valence-corrected chi connectivity index (χ3v) is 3.17. The van der Waals surface area contributed by atoms with Crippen LogP contribution in [0, 0.1) is 0 Å². The van der Waals surface area contributed by atoms with E-state index in [9.17, 15) is 4.79 Å². The molecule has 1 amide bonds. The van der Waals surface area contributed by atoms with Crippen molar-refractivity contribution < 1.29 is 14.4 Å². The van der Waals surface area contributed by atoms with Gasteiger partial charge in [-0.2, -0.15) is 5.10 Å². The number of nitrogens with one attached hydrogen (secondary N) is 1. The largest absolute Gasteiger partial charge is 0.456 e. The molecular weight excluding hydrogens is 284 g/mol. The molecule has 0 bridgehead atoms. The van der Waals surface area contributed by atoms with E-state index >= 15 is 0 Å². The van der Waals surface area contributed by atoms with Crippen LogP contribution in [0.3, 0.4) is 0 Å². The minimum absolute atomic E-state index is 0.298. The van der Waals surface area contributed by atoms with Crippen LogP contribution in [-0.4, -0.2) is 40.3 Å². The van der Waals surface area contributed by atoms with Crippen LogP contribution in [0.1, 0.15) is 10.5 Å². The Kier molecular flexibility index (Phi) is 3.71. The Balaban J connectivity index is 1.91. The molecule has 2 heterocycles. The van der Waals surface area contributed by atoms with Crippen LogP contribution in [-0.2, 0) is 4.84 Å². The minimum Gasteiger partial charge on any atom is -0.456 e. The Bertz CT molecular complexity index is 801. The first-order chi connectivity index (χ1) is 10.7. The van der Waals surface area contributed by atoms with Crippen molar-refractivity contribution >= 4 is 16.8 Å². The summed E-state index contributed by atoms with van der Waals surface area (Å²) < 4.78 is 5.69. The third-order valence-electron chi connectivity index (χ3n) is 3.17. The molecule has 1 aromatic carbocycles. The highest BCUT2D eigenvalue weighted by Gasteiger charge is 2.18. The number of carbonyl (C=O) groups excluding carboxylic acids is 1. The van der Waals surface area contributed by atoms with Gasteiger partial charge in [-0.1, -0.05) is 0 Å². The molecule has 0 fully saturated rings. The summed E-state index contributed by atoms with van der Waals surface area (Å²) in [6, 6.07) is 8.93. The number of nitrogens with zero attached hydrogens (tertiary/aromatic N) is 3. The van der Waals surface area contributed by atoms with Gasteiger partial charge >= 0.3 is 0 Å². The first-order valence-corrected chi connectivity index (χ1v) is 6.57. The molecular formula is C15H14N4O3. The van der Waals surface area contributed by atoms with Crippen LogP contribution in [0.15, 0.2) is 42.7 Å². The summed E-state index contributed by atoms with van der Waals surface area (Å²) in [5.41, 5.74) is 1.00. The molecule has 112 valence electrons. The molecule has 2 aromatic heterocycles. The number of fused-ring (bicyclic) bond motifs is 1. The number of aromatic amines is 1. The number of pyridine rings is 1. The fourth-order valence-electron chi connectivity index (χ4n) is 2.00. The maximum atomic E-state index is 12.1. The lowest BCUT2D eigenvalue weighted by Gasteiger charge is -2.11. The second-order valence-corrected chi connectivity index (χ2v) is 4.56. The fraction of sp³-hybridized carbons (Fsp3) is 0.133. The molecule has 0 atom stereocenters. The standard InChI is InChI=1S/C15H14N4O3/c1-19(21-2)15(20)14-12-6-5-10(8-13(12)17-18-14)22-11-4-3-7-16-9-11/h3-9H,1-2H3,(H,17,18). The summed E-state index contributed by atoms with van der Waals surface area (Å²) in [6.07, 6.45) is 3.30. The van der Waals surface area contributed by atoms with Gasteiger partial charge in [0.2, 0.25) is 0 Å². The van der Waals surface area contributed by atoms with Crippen molar-refractivity contribution in [2.24, 2.45) is 0 Å². The molecule has 0 radical (unpaired) electrons. The van der Waals surface area contributed by atoms with Gasteiger partial charge in [0.05, 0.1) is 18.8 Å². The zero-order chi connectivity index (χ0) is 15.5. The van der Waals surface area contributed by atoms with E-state index in [1.165, 1.54) is 14.2 Å². The number of rotatable bonds is 4. The molecule has 0 saturated heterocycles. The highest BCUT2D eigenvalue weighted by molar-refractivity contribution is 6.04. The van der Waals surface area contributed by atoms with Gasteiger partial charge in [0.1, 0.15) is 11.5 Å². The fourth-order valence-corrected chi connectivity index (χ4v) is 2.00. The lowest BCUT2D eigenvalue weighted by molar-refractivity contribution is -0.0759. The van der Waals surface area contributed by atoms with Gasteiger partial charge in [0.25, 0.3) is 5.91 Å². The number of ether oxygens (including phenoxy) is 1. The lowest BCUT2D eigenvalue weighted by atomic mass is 10.2. The van der Waals surface area contributed by atoms with E-state index in [-0.39, 0.29) is 5.91 Å². The van der Waals surface area contributed by atoms with Crippen molar-refractivity contribution in [3.8, 4) is 11.5 Å². The number of amides is 1. The smallest absolute Gasteiger partial charge is 0.298 e. The average molecular weight is 298 g/mol. The van der Waals surface area contributed by atoms with Gasteiger partial charge in [0, 0.05) is 24.7 Å². The van der Waals surface area contributed by atoms with E-state index in [2.05, 4.69) is 15.2 Å². The molecule has 3 aromatic rings. The maximum absolute atomic E-state index is 12.1. The summed E-state index contributed by atoms with van der Waals surface area (Å²) in [5, 5.41) is 8.70. The van der Waals surface area contributed by atoms with Gasteiger partial charge in [-0.05, 0) is 24.3 Å². The SMILES string of the molecule is CON(C)C(=O)c1n[nH]c2cc(Oc3cccnc3)ccc12. The predicted molar refractivity (Wildman–Crippen MR) is 79.5 cm³/mol. The predicted octanol–water partition coefficient (Wildman–Crippen LogP) is 2.38. The quantitative estimate of drug-likeness (QED) is 0.748. The number of H-pyrrole nitrogens is 1. The minimum atomic E-state index is -0.324. The summed E-state index contributed by atoms with van der Waals surface area (Å²) >= 11 is 0. The number of hydrogen-bond acceptors (Lipinski definition) is 5. The molecule has 3 rings (SSSR count). The normalized spacial score (nSPS) is 10.6. The van der Waals surface area contributed by atoms with E-state index in [4.69, 9.17) is 9.57 Å². The summed E-state index contributed by atoms with van der Waals surface area (Å²) in [6.45, 7) is 0. The van der Waals surface area contributed by atoms with E-state index in [1.54, 1.807) is 36.7 Å². The monoisotopic (exact) mass is 298 g/mol. The molecule has 22 heavy (non-hydrogen) atoms. The zero-order valence-corrected chi connectivity index (χ0v) is 12.1. The number of hydrogen-bond donors (Lipinski definition) is 1. The first kappa shape index (κ1) is 14.0. The molecule has 1 N–H and O–H groups in total. The Morgan fingerprint density at radius 1 is 1.27 bits per heavy atom. The van der Waals surface area contributed by atoms with Crippen molar-refractivity contribution in [1.29, 1.82) is 0 Å². The Morgan fingerprint density at radius 3 is 2.86 bits per heavy atom. The van der Waals surface area contributed by atoms with Crippen LogP contribution >= 0.6 is 0 Å².